The van der Waals surface area contributed by atoms with Crippen LogP contribution in [0.1, 0.15) is 38.2 Å². The van der Waals surface area contributed by atoms with E-state index in [1.165, 1.54) is 0 Å². The van der Waals surface area contributed by atoms with Gasteiger partial charge in [0.25, 0.3) is 5.91 Å². The summed E-state index contributed by atoms with van der Waals surface area (Å²) in [6.45, 7) is 1.65. The number of esters is 1. The van der Waals surface area contributed by atoms with Crippen LogP contribution >= 0.6 is 0 Å². The first kappa shape index (κ1) is 20.8. The Morgan fingerprint density at radius 3 is 2.48 bits per heavy atom. The summed E-state index contributed by atoms with van der Waals surface area (Å²) in [5.74, 6) is -0.471. The summed E-state index contributed by atoms with van der Waals surface area (Å²) >= 11 is 0. The number of nitrogens with one attached hydrogen (secondary N) is 2. The summed E-state index contributed by atoms with van der Waals surface area (Å²) in [6.07, 6.45) is 4.31. The molecule has 1 saturated carbocycles. The number of ether oxygens (including phenoxy) is 1. The standard InChI is InChI=1S/C23H28N2O4/c1-16-9-11-19(12-10-16)25-22(27)15-29-23(28)14-24-21(26)13-18-7-4-6-17-5-2-3-8-20(17)18/h2-8,16,19H,9-15H2,1H3,(H,24,26)(H,25,27). The predicted octanol–water partition coefficient (Wildman–Crippen LogP) is 2.74. The minimum Gasteiger partial charge on any atom is -0.454 e. The SMILES string of the molecule is CC1CCC(NC(=O)COC(=O)CNC(=O)Cc2cccc3ccccc23)CC1. The lowest BCUT2D eigenvalue weighted by Crippen LogP contribution is -2.40. The van der Waals surface area contributed by atoms with Crippen molar-refractivity contribution in [3.63, 3.8) is 0 Å². The minimum absolute atomic E-state index is 0.165. The highest BCUT2D eigenvalue weighted by Gasteiger charge is 2.20. The Labute approximate surface area is 171 Å². The Morgan fingerprint density at radius 2 is 1.69 bits per heavy atom. The zero-order valence-electron chi connectivity index (χ0n) is 16.8. The number of amides is 2. The van der Waals surface area contributed by atoms with E-state index in [9.17, 15) is 14.4 Å². The first-order valence-electron chi connectivity index (χ1n) is 10.2. The highest BCUT2D eigenvalue weighted by Crippen LogP contribution is 2.23. The average Bonchev–Trinajstić information content (AvgIpc) is 2.73. The molecule has 0 atom stereocenters. The highest BCUT2D eigenvalue weighted by atomic mass is 16.5. The van der Waals surface area contributed by atoms with Crippen LogP contribution in [0.3, 0.4) is 0 Å². The van der Waals surface area contributed by atoms with Crippen LogP contribution in [-0.2, 0) is 25.5 Å². The van der Waals surface area contributed by atoms with Crippen LogP contribution in [0.4, 0.5) is 0 Å². The van der Waals surface area contributed by atoms with Gasteiger partial charge in [-0.1, -0.05) is 49.4 Å². The molecule has 0 spiro atoms. The third-order valence-electron chi connectivity index (χ3n) is 5.41. The van der Waals surface area contributed by atoms with Crippen molar-refractivity contribution in [2.24, 2.45) is 5.92 Å². The molecule has 1 aliphatic rings. The van der Waals surface area contributed by atoms with Crippen LogP contribution in [0, 0.1) is 5.92 Å². The summed E-state index contributed by atoms with van der Waals surface area (Å²) in [6, 6.07) is 13.8. The molecule has 3 rings (SSSR count). The monoisotopic (exact) mass is 396 g/mol. The molecule has 2 aromatic rings. The number of benzene rings is 2. The molecule has 1 fully saturated rings. The number of fused-ring (bicyclic) bond motifs is 1. The maximum absolute atomic E-state index is 12.2. The third-order valence-corrected chi connectivity index (χ3v) is 5.41. The van der Waals surface area contributed by atoms with E-state index >= 15 is 0 Å². The van der Waals surface area contributed by atoms with E-state index in [1.807, 2.05) is 42.5 Å². The Morgan fingerprint density at radius 1 is 0.966 bits per heavy atom. The van der Waals surface area contributed by atoms with Crippen LogP contribution in [0.5, 0.6) is 0 Å². The van der Waals surface area contributed by atoms with E-state index in [0.29, 0.717) is 5.92 Å². The van der Waals surface area contributed by atoms with Crippen LogP contribution < -0.4 is 10.6 Å². The molecule has 1 aliphatic carbocycles. The quantitative estimate of drug-likeness (QED) is 0.705. The maximum Gasteiger partial charge on any atom is 0.325 e. The van der Waals surface area contributed by atoms with Gasteiger partial charge < -0.3 is 15.4 Å². The molecule has 6 heteroatoms. The summed E-state index contributed by atoms with van der Waals surface area (Å²) < 4.78 is 4.97. The van der Waals surface area contributed by atoms with Crippen molar-refractivity contribution in [1.82, 2.24) is 10.6 Å². The second kappa shape index (κ2) is 10.0. The van der Waals surface area contributed by atoms with Crippen molar-refractivity contribution in [1.29, 1.82) is 0 Å². The number of rotatable bonds is 7. The molecular formula is C23H28N2O4. The Kier molecular flexibility index (Phi) is 7.22. The fourth-order valence-electron chi connectivity index (χ4n) is 3.72. The lowest BCUT2D eigenvalue weighted by Gasteiger charge is -2.26. The van der Waals surface area contributed by atoms with Gasteiger partial charge in [-0.2, -0.15) is 0 Å². The first-order chi connectivity index (χ1) is 14.0. The Bertz CT molecular complexity index is 867. The van der Waals surface area contributed by atoms with Crippen molar-refractivity contribution in [2.75, 3.05) is 13.2 Å². The van der Waals surface area contributed by atoms with Gasteiger partial charge in [-0.25, -0.2) is 0 Å². The fraction of sp³-hybridized carbons (Fsp3) is 0.435. The van der Waals surface area contributed by atoms with Crippen LogP contribution in [0.25, 0.3) is 10.8 Å². The van der Waals surface area contributed by atoms with E-state index in [0.717, 1.165) is 42.0 Å². The summed E-state index contributed by atoms with van der Waals surface area (Å²) in [7, 11) is 0. The molecule has 0 radical (unpaired) electrons. The van der Waals surface area contributed by atoms with Crippen LogP contribution in [0.15, 0.2) is 42.5 Å². The zero-order chi connectivity index (χ0) is 20.6. The largest absolute Gasteiger partial charge is 0.454 e. The van der Waals surface area contributed by atoms with Gasteiger partial charge >= 0.3 is 5.97 Å². The Hall–Kier alpha value is -2.89. The normalized spacial score (nSPS) is 18.8. The van der Waals surface area contributed by atoms with E-state index in [-0.39, 0.29) is 37.4 Å². The number of carbonyl (C=O) groups is 3. The lowest BCUT2D eigenvalue weighted by molar-refractivity contribution is -0.148. The van der Waals surface area contributed by atoms with E-state index in [1.54, 1.807) is 0 Å². The molecule has 6 nitrogen and oxygen atoms in total. The highest BCUT2D eigenvalue weighted by molar-refractivity contribution is 5.91. The summed E-state index contributed by atoms with van der Waals surface area (Å²) in [5, 5.41) is 7.55. The first-order valence-corrected chi connectivity index (χ1v) is 10.2. The molecule has 0 heterocycles. The fourth-order valence-corrected chi connectivity index (χ4v) is 3.72. The lowest BCUT2D eigenvalue weighted by atomic mass is 9.87. The van der Waals surface area contributed by atoms with Crippen molar-refractivity contribution < 1.29 is 19.1 Å². The van der Waals surface area contributed by atoms with Gasteiger partial charge in [0.2, 0.25) is 5.91 Å². The molecule has 0 aromatic heterocycles. The topological polar surface area (TPSA) is 84.5 Å². The molecule has 0 saturated heterocycles. The van der Waals surface area contributed by atoms with Crippen molar-refractivity contribution in [2.45, 2.75) is 45.1 Å². The number of hydrogen-bond acceptors (Lipinski definition) is 4. The van der Waals surface area contributed by atoms with Gasteiger partial charge in [0, 0.05) is 6.04 Å². The predicted molar refractivity (Wildman–Crippen MR) is 111 cm³/mol. The van der Waals surface area contributed by atoms with Crippen molar-refractivity contribution in [3.05, 3.63) is 48.0 Å². The molecule has 2 N–H and O–H groups in total. The second-order valence-electron chi connectivity index (χ2n) is 7.78. The van der Waals surface area contributed by atoms with E-state index in [4.69, 9.17) is 4.74 Å². The third kappa shape index (κ3) is 6.31. The smallest absolute Gasteiger partial charge is 0.325 e. The van der Waals surface area contributed by atoms with E-state index in [2.05, 4.69) is 17.6 Å². The Balaban J connectivity index is 1.37. The molecule has 2 aromatic carbocycles. The molecule has 29 heavy (non-hydrogen) atoms. The molecule has 2 amide bonds. The zero-order valence-corrected chi connectivity index (χ0v) is 16.8. The van der Waals surface area contributed by atoms with E-state index < -0.39 is 5.97 Å². The molecule has 0 aliphatic heterocycles. The van der Waals surface area contributed by atoms with Crippen molar-refractivity contribution >= 4 is 28.6 Å². The second-order valence-corrected chi connectivity index (χ2v) is 7.78. The van der Waals surface area contributed by atoms with Crippen molar-refractivity contribution in [3.8, 4) is 0 Å². The summed E-state index contributed by atoms with van der Waals surface area (Å²) in [5.41, 5.74) is 0.898. The van der Waals surface area contributed by atoms with Gasteiger partial charge in [0.15, 0.2) is 6.61 Å². The number of carbonyl (C=O) groups excluding carboxylic acids is 3. The molecule has 154 valence electrons. The summed E-state index contributed by atoms with van der Waals surface area (Å²) in [4.78, 5) is 36.0. The van der Waals surface area contributed by atoms with Gasteiger partial charge in [-0.15, -0.1) is 0 Å². The van der Waals surface area contributed by atoms with Crippen LogP contribution in [0.2, 0.25) is 0 Å². The van der Waals surface area contributed by atoms with Crippen LogP contribution in [-0.4, -0.2) is 37.0 Å². The van der Waals surface area contributed by atoms with Gasteiger partial charge in [-0.05, 0) is 47.9 Å². The van der Waals surface area contributed by atoms with Gasteiger partial charge in [-0.3, -0.25) is 14.4 Å². The van der Waals surface area contributed by atoms with Gasteiger partial charge in [0.05, 0.1) is 6.42 Å². The average molecular weight is 396 g/mol. The molecular weight excluding hydrogens is 368 g/mol. The maximum atomic E-state index is 12.2. The minimum atomic E-state index is -0.622. The van der Waals surface area contributed by atoms with Gasteiger partial charge in [0.1, 0.15) is 6.54 Å². The molecule has 0 unspecified atom stereocenters. The number of hydrogen-bond donors (Lipinski definition) is 2. The molecule has 0 bridgehead atoms.